The van der Waals surface area contributed by atoms with Crippen LogP contribution in [0, 0.1) is 18.3 Å². The predicted molar refractivity (Wildman–Crippen MR) is 89.4 cm³/mol. The fourth-order valence-electron chi connectivity index (χ4n) is 2.11. The summed E-state index contributed by atoms with van der Waals surface area (Å²) in [6, 6.07) is 17.2. The number of benzene rings is 2. The fourth-order valence-corrected chi connectivity index (χ4v) is 3.08. The second kappa shape index (κ2) is 7.31. The summed E-state index contributed by atoms with van der Waals surface area (Å²) in [6.45, 7) is 4.22. The molecule has 0 saturated heterocycles. The van der Waals surface area contributed by atoms with Crippen molar-refractivity contribution in [1.82, 2.24) is 5.32 Å². The van der Waals surface area contributed by atoms with E-state index in [2.05, 4.69) is 55.6 Å². The summed E-state index contributed by atoms with van der Waals surface area (Å²) in [5.41, 5.74) is 4.50. The molecule has 3 heteroatoms. The Labute approximate surface area is 131 Å². The number of nitrogens with zero attached hydrogens (tertiary/aromatic N) is 1. The van der Waals surface area contributed by atoms with Crippen molar-refractivity contribution >= 4 is 11.8 Å². The van der Waals surface area contributed by atoms with Gasteiger partial charge in [-0.15, -0.1) is 11.8 Å². The molecular formula is C18H20N2S. The van der Waals surface area contributed by atoms with Crippen LogP contribution in [0.25, 0.3) is 0 Å². The highest BCUT2D eigenvalue weighted by molar-refractivity contribution is 7.98. The van der Waals surface area contributed by atoms with E-state index in [1.807, 2.05) is 30.9 Å². The number of thioether (sulfide) groups is 1. The fraction of sp³-hybridized carbons (Fsp3) is 0.278. The molecule has 21 heavy (non-hydrogen) atoms. The van der Waals surface area contributed by atoms with Crippen LogP contribution in [0.2, 0.25) is 0 Å². The van der Waals surface area contributed by atoms with Crippen molar-refractivity contribution in [2.24, 2.45) is 0 Å². The molecule has 0 aliphatic heterocycles. The zero-order valence-corrected chi connectivity index (χ0v) is 13.5. The Balaban J connectivity index is 2.02. The van der Waals surface area contributed by atoms with E-state index in [0.717, 1.165) is 11.3 Å². The molecule has 1 atom stereocenters. The quantitative estimate of drug-likeness (QED) is 0.829. The van der Waals surface area contributed by atoms with Crippen LogP contribution in [0.4, 0.5) is 0 Å². The molecule has 0 spiro atoms. The van der Waals surface area contributed by atoms with Crippen molar-refractivity contribution in [2.75, 3.05) is 7.05 Å². The van der Waals surface area contributed by atoms with Crippen molar-refractivity contribution in [2.45, 2.75) is 30.5 Å². The van der Waals surface area contributed by atoms with E-state index in [1.54, 1.807) is 0 Å². The summed E-state index contributed by atoms with van der Waals surface area (Å²) in [4.78, 5) is 1.27. The molecule has 0 amide bonds. The van der Waals surface area contributed by atoms with Crippen LogP contribution >= 0.6 is 11.8 Å². The van der Waals surface area contributed by atoms with E-state index in [1.165, 1.54) is 21.6 Å². The van der Waals surface area contributed by atoms with Crippen LogP contribution in [0.1, 0.15) is 35.2 Å². The molecule has 108 valence electrons. The topological polar surface area (TPSA) is 35.8 Å². The van der Waals surface area contributed by atoms with Crippen LogP contribution in [0.3, 0.4) is 0 Å². The Kier molecular flexibility index (Phi) is 5.44. The molecular weight excluding hydrogens is 276 g/mol. The van der Waals surface area contributed by atoms with E-state index in [-0.39, 0.29) is 0 Å². The molecule has 2 nitrogen and oxygen atoms in total. The molecule has 0 radical (unpaired) electrons. The lowest BCUT2D eigenvalue weighted by Crippen LogP contribution is -2.11. The first-order valence-electron chi connectivity index (χ1n) is 7.03. The molecule has 1 N–H and O–H groups in total. The second-order valence-corrected chi connectivity index (χ2v) is 6.17. The van der Waals surface area contributed by atoms with Gasteiger partial charge in [0.25, 0.3) is 0 Å². The molecule has 2 rings (SSSR count). The lowest BCUT2D eigenvalue weighted by atomic mass is 10.1. The third kappa shape index (κ3) is 4.10. The van der Waals surface area contributed by atoms with Gasteiger partial charge >= 0.3 is 0 Å². The third-order valence-corrected chi connectivity index (χ3v) is 4.74. The smallest absolute Gasteiger partial charge is 0.0991 e. The van der Waals surface area contributed by atoms with Gasteiger partial charge in [-0.3, -0.25) is 0 Å². The zero-order chi connectivity index (χ0) is 15.2. The normalized spacial score (nSPS) is 11.9. The van der Waals surface area contributed by atoms with Crippen LogP contribution in [-0.2, 0) is 5.75 Å². The van der Waals surface area contributed by atoms with Gasteiger partial charge in [-0.2, -0.15) is 5.26 Å². The minimum absolute atomic E-state index is 0.379. The van der Waals surface area contributed by atoms with E-state index < -0.39 is 0 Å². The van der Waals surface area contributed by atoms with Gasteiger partial charge in [-0.1, -0.05) is 18.2 Å². The molecule has 0 aliphatic rings. The van der Waals surface area contributed by atoms with E-state index in [0.29, 0.717) is 6.04 Å². The van der Waals surface area contributed by atoms with E-state index >= 15 is 0 Å². The highest BCUT2D eigenvalue weighted by atomic mass is 32.2. The summed E-state index contributed by atoms with van der Waals surface area (Å²) in [5, 5.41) is 12.1. The monoisotopic (exact) mass is 296 g/mol. The summed E-state index contributed by atoms with van der Waals surface area (Å²) in [6.07, 6.45) is 0. The Morgan fingerprint density at radius 3 is 2.48 bits per heavy atom. The molecule has 0 saturated carbocycles. The van der Waals surface area contributed by atoms with Crippen LogP contribution in [-0.4, -0.2) is 7.05 Å². The first-order chi connectivity index (χ1) is 10.1. The minimum atomic E-state index is 0.379. The van der Waals surface area contributed by atoms with Gasteiger partial charge in [0.1, 0.15) is 0 Å². The molecule has 0 aromatic heterocycles. The summed E-state index contributed by atoms with van der Waals surface area (Å²) < 4.78 is 0. The standard InChI is InChI=1S/C18H20N2S/c1-13-10-15(11-19)4-5-17(13)12-21-18-8-6-16(7-9-18)14(2)20-3/h4-10,14,20H,12H2,1-3H3. The van der Waals surface area contributed by atoms with Gasteiger partial charge in [-0.05, 0) is 61.9 Å². The van der Waals surface area contributed by atoms with Crippen molar-refractivity contribution in [3.8, 4) is 6.07 Å². The Morgan fingerprint density at radius 1 is 1.19 bits per heavy atom. The first kappa shape index (κ1) is 15.6. The van der Waals surface area contributed by atoms with Crippen molar-refractivity contribution in [3.63, 3.8) is 0 Å². The Bertz CT molecular complexity index is 641. The van der Waals surface area contributed by atoms with Gasteiger partial charge in [0, 0.05) is 16.7 Å². The lowest BCUT2D eigenvalue weighted by molar-refractivity contribution is 0.652. The first-order valence-corrected chi connectivity index (χ1v) is 8.02. The number of nitrogens with one attached hydrogen (secondary N) is 1. The molecule has 0 bridgehead atoms. The Hall–Kier alpha value is -1.76. The van der Waals surface area contributed by atoms with Crippen LogP contribution in [0.5, 0.6) is 0 Å². The summed E-state index contributed by atoms with van der Waals surface area (Å²) in [5.74, 6) is 0.929. The summed E-state index contributed by atoms with van der Waals surface area (Å²) >= 11 is 1.83. The maximum Gasteiger partial charge on any atom is 0.0991 e. The van der Waals surface area contributed by atoms with Crippen molar-refractivity contribution < 1.29 is 0 Å². The largest absolute Gasteiger partial charge is 0.313 e. The minimum Gasteiger partial charge on any atom is -0.313 e. The SMILES string of the molecule is CNC(C)c1ccc(SCc2ccc(C#N)cc2C)cc1. The van der Waals surface area contributed by atoms with Gasteiger partial charge in [-0.25, -0.2) is 0 Å². The molecule has 0 fully saturated rings. The number of hydrogen-bond acceptors (Lipinski definition) is 3. The summed E-state index contributed by atoms with van der Waals surface area (Å²) in [7, 11) is 1.97. The van der Waals surface area contributed by atoms with Crippen LogP contribution in [0.15, 0.2) is 47.4 Å². The maximum absolute atomic E-state index is 8.89. The van der Waals surface area contributed by atoms with Gasteiger partial charge in [0.15, 0.2) is 0 Å². The van der Waals surface area contributed by atoms with E-state index in [9.17, 15) is 0 Å². The predicted octanol–water partition coefficient (Wildman–Crippen LogP) is 4.44. The van der Waals surface area contributed by atoms with Crippen molar-refractivity contribution in [3.05, 3.63) is 64.7 Å². The van der Waals surface area contributed by atoms with E-state index in [4.69, 9.17) is 5.26 Å². The zero-order valence-electron chi connectivity index (χ0n) is 12.7. The number of aryl methyl sites for hydroxylation is 1. The van der Waals surface area contributed by atoms with Gasteiger partial charge in [0.05, 0.1) is 11.6 Å². The third-order valence-electron chi connectivity index (χ3n) is 3.68. The molecule has 0 aliphatic carbocycles. The van der Waals surface area contributed by atoms with Crippen LogP contribution < -0.4 is 5.32 Å². The number of rotatable bonds is 5. The molecule has 0 heterocycles. The maximum atomic E-state index is 8.89. The average Bonchev–Trinajstić information content (AvgIpc) is 2.53. The highest BCUT2D eigenvalue weighted by Gasteiger charge is 2.04. The number of hydrogen-bond donors (Lipinski definition) is 1. The van der Waals surface area contributed by atoms with Crippen molar-refractivity contribution in [1.29, 1.82) is 5.26 Å². The molecule has 2 aromatic rings. The lowest BCUT2D eigenvalue weighted by Gasteiger charge is -2.11. The highest BCUT2D eigenvalue weighted by Crippen LogP contribution is 2.26. The average molecular weight is 296 g/mol. The number of nitriles is 1. The molecule has 1 unspecified atom stereocenters. The van der Waals surface area contributed by atoms with Gasteiger partial charge in [0.2, 0.25) is 0 Å². The van der Waals surface area contributed by atoms with Gasteiger partial charge < -0.3 is 5.32 Å². The Morgan fingerprint density at radius 2 is 1.90 bits per heavy atom. The second-order valence-electron chi connectivity index (χ2n) is 5.12. The molecule has 2 aromatic carbocycles.